The lowest BCUT2D eigenvalue weighted by molar-refractivity contribution is -0.132. The Labute approximate surface area is 175 Å². The van der Waals surface area contributed by atoms with Gasteiger partial charge in [-0.2, -0.15) is 0 Å². The number of nitrogens with zero attached hydrogens (tertiary/aromatic N) is 1. The zero-order valence-electron chi connectivity index (χ0n) is 16.8. The number of carbonyl (C=O) groups is 2. The second-order valence-electron chi connectivity index (χ2n) is 7.26. The summed E-state index contributed by atoms with van der Waals surface area (Å²) in [6, 6.07) is 14.0. The monoisotopic (exact) mass is 401 g/mol. The second-order valence-corrected chi connectivity index (χ2v) is 7.26. The molecule has 0 saturated carbocycles. The molecular weight excluding hydrogens is 378 g/mol. The van der Waals surface area contributed by atoms with Crippen molar-refractivity contribution in [3.8, 4) is 11.8 Å². The van der Waals surface area contributed by atoms with Crippen molar-refractivity contribution in [3.63, 3.8) is 0 Å². The van der Waals surface area contributed by atoms with Crippen molar-refractivity contribution in [1.29, 1.82) is 0 Å². The molecule has 6 nitrogen and oxygen atoms in total. The number of hydrogen-bond acceptors (Lipinski definition) is 4. The van der Waals surface area contributed by atoms with Gasteiger partial charge in [-0.3, -0.25) is 19.8 Å². The molecule has 2 aromatic rings. The fourth-order valence-corrected chi connectivity index (χ4v) is 2.98. The molecule has 1 aliphatic heterocycles. The van der Waals surface area contributed by atoms with Crippen LogP contribution in [0.2, 0.25) is 0 Å². The van der Waals surface area contributed by atoms with Crippen LogP contribution in [0.25, 0.3) is 5.57 Å². The zero-order chi connectivity index (χ0) is 21.5. The van der Waals surface area contributed by atoms with Crippen molar-refractivity contribution in [2.75, 3.05) is 6.54 Å². The van der Waals surface area contributed by atoms with E-state index in [1.807, 2.05) is 36.6 Å². The SMILES string of the molecule is CC(C)C(NC(=O)c1ccc(C#Cc2ccc(C3=CC=NC3)cc2)cc1)C(=O)NO. The minimum Gasteiger partial charge on any atom is -0.340 e. The van der Waals surface area contributed by atoms with E-state index < -0.39 is 17.9 Å². The van der Waals surface area contributed by atoms with Crippen LogP contribution in [0, 0.1) is 17.8 Å². The van der Waals surface area contributed by atoms with Gasteiger partial charge in [0, 0.05) is 22.9 Å². The molecule has 30 heavy (non-hydrogen) atoms. The third kappa shape index (κ3) is 5.22. The van der Waals surface area contributed by atoms with Crippen molar-refractivity contribution in [2.24, 2.45) is 10.9 Å². The predicted octanol–water partition coefficient (Wildman–Crippen LogP) is 2.81. The van der Waals surface area contributed by atoms with Crippen molar-refractivity contribution in [3.05, 3.63) is 76.9 Å². The Hall–Kier alpha value is -3.69. The highest BCUT2D eigenvalue weighted by Gasteiger charge is 2.24. The first-order valence-corrected chi connectivity index (χ1v) is 9.64. The fraction of sp³-hybridized carbons (Fsp3) is 0.208. The Morgan fingerprint density at radius 3 is 2.10 bits per heavy atom. The number of hydroxylamine groups is 1. The molecule has 1 heterocycles. The van der Waals surface area contributed by atoms with E-state index in [9.17, 15) is 9.59 Å². The molecule has 0 aliphatic carbocycles. The predicted molar refractivity (Wildman–Crippen MR) is 116 cm³/mol. The summed E-state index contributed by atoms with van der Waals surface area (Å²) in [5, 5.41) is 11.5. The minimum absolute atomic E-state index is 0.171. The highest BCUT2D eigenvalue weighted by Crippen LogP contribution is 2.17. The minimum atomic E-state index is -0.823. The smallest absolute Gasteiger partial charge is 0.266 e. The summed E-state index contributed by atoms with van der Waals surface area (Å²) in [4.78, 5) is 28.3. The van der Waals surface area contributed by atoms with Gasteiger partial charge in [0.2, 0.25) is 0 Å². The Morgan fingerprint density at radius 1 is 1.00 bits per heavy atom. The van der Waals surface area contributed by atoms with Gasteiger partial charge in [0.25, 0.3) is 11.8 Å². The third-order valence-corrected chi connectivity index (χ3v) is 4.74. The number of benzene rings is 2. The first-order chi connectivity index (χ1) is 14.5. The molecule has 0 bridgehead atoms. The van der Waals surface area contributed by atoms with E-state index in [0.29, 0.717) is 12.1 Å². The van der Waals surface area contributed by atoms with Gasteiger partial charge in [0.15, 0.2) is 0 Å². The molecule has 6 heteroatoms. The summed E-state index contributed by atoms with van der Waals surface area (Å²) < 4.78 is 0. The second kappa shape index (κ2) is 9.68. The summed E-state index contributed by atoms with van der Waals surface area (Å²) in [7, 11) is 0. The molecule has 2 aromatic carbocycles. The van der Waals surface area contributed by atoms with E-state index in [1.54, 1.807) is 43.6 Å². The van der Waals surface area contributed by atoms with Crippen molar-refractivity contribution >= 4 is 23.6 Å². The Balaban J connectivity index is 1.65. The molecule has 0 saturated heterocycles. The number of aliphatic imine (C=N–C) groups is 1. The van der Waals surface area contributed by atoms with Crippen LogP contribution < -0.4 is 10.8 Å². The maximum absolute atomic E-state index is 12.4. The van der Waals surface area contributed by atoms with Gasteiger partial charge < -0.3 is 5.32 Å². The molecule has 0 spiro atoms. The molecule has 1 aliphatic rings. The molecule has 1 unspecified atom stereocenters. The number of rotatable bonds is 5. The van der Waals surface area contributed by atoms with Gasteiger partial charge in [0.05, 0.1) is 6.54 Å². The molecule has 2 amide bonds. The van der Waals surface area contributed by atoms with Crippen LogP contribution in [0.5, 0.6) is 0 Å². The van der Waals surface area contributed by atoms with E-state index >= 15 is 0 Å². The van der Waals surface area contributed by atoms with Crippen LogP contribution >= 0.6 is 0 Å². The lowest BCUT2D eigenvalue weighted by Gasteiger charge is -2.20. The highest BCUT2D eigenvalue weighted by atomic mass is 16.5. The van der Waals surface area contributed by atoms with Crippen LogP contribution in [-0.2, 0) is 4.79 Å². The Bertz CT molecular complexity index is 1040. The quantitative estimate of drug-likeness (QED) is 0.409. The maximum atomic E-state index is 12.4. The number of allylic oxidation sites excluding steroid dienone is 1. The summed E-state index contributed by atoms with van der Waals surface area (Å²) in [6.07, 6.45) is 3.83. The topological polar surface area (TPSA) is 90.8 Å². The summed E-state index contributed by atoms with van der Waals surface area (Å²) in [5.74, 6) is 4.99. The number of amides is 2. The summed E-state index contributed by atoms with van der Waals surface area (Å²) in [5.41, 5.74) is 6.00. The lowest BCUT2D eigenvalue weighted by Crippen LogP contribution is -2.48. The largest absolute Gasteiger partial charge is 0.340 e. The summed E-state index contributed by atoms with van der Waals surface area (Å²) in [6.45, 7) is 4.28. The molecule has 0 aromatic heterocycles. The molecule has 152 valence electrons. The van der Waals surface area contributed by atoms with Gasteiger partial charge in [-0.25, -0.2) is 5.48 Å². The van der Waals surface area contributed by atoms with Gasteiger partial charge in [-0.05, 0) is 59.5 Å². The van der Waals surface area contributed by atoms with E-state index in [4.69, 9.17) is 5.21 Å². The Morgan fingerprint density at radius 2 is 1.60 bits per heavy atom. The molecule has 0 fully saturated rings. The first-order valence-electron chi connectivity index (χ1n) is 9.64. The van der Waals surface area contributed by atoms with E-state index in [1.165, 1.54) is 5.57 Å². The standard InChI is InChI=1S/C24H23N3O3/c1-16(2)22(24(29)27-30)26-23(28)20-11-7-18(8-12-20)4-3-17-5-9-19(10-6-17)21-13-14-25-15-21/h5-14,16,22,30H,15H2,1-2H3,(H,26,28)(H,27,29). The maximum Gasteiger partial charge on any atom is 0.266 e. The fourth-order valence-electron chi connectivity index (χ4n) is 2.98. The number of hydrogen-bond donors (Lipinski definition) is 3. The van der Waals surface area contributed by atoms with Gasteiger partial charge >= 0.3 is 0 Å². The number of carbonyl (C=O) groups excluding carboxylic acids is 2. The van der Waals surface area contributed by atoms with Crippen molar-refractivity contribution in [1.82, 2.24) is 10.8 Å². The summed E-state index contributed by atoms with van der Waals surface area (Å²) >= 11 is 0. The van der Waals surface area contributed by atoms with Gasteiger partial charge in [-0.1, -0.05) is 37.8 Å². The molecule has 3 rings (SSSR count). The van der Waals surface area contributed by atoms with Crippen LogP contribution in [-0.4, -0.2) is 35.8 Å². The van der Waals surface area contributed by atoms with Crippen LogP contribution in [0.1, 0.15) is 40.9 Å². The lowest BCUT2D eigenvalue weighted by atomic mass is 10.0. The zero-order valence-corrected chi connectivity index (χ0v) is 16.8. The van der Waals surface area contributed by atoms with E-state index in [0.717, 1.165) is 16.7 Å². The molecular formula is C24H23N3O3. The first kappa shape index (κ1) is 21.0. The average Bonchev–Trinajstić information content (AvgIpc) is 3.31. The van der Waals surface area contributed by atoms with Gasteiger partial charge in [-0.15, -0.1) is 0 Å². The normalized spacial score (nSPS) is 13.3. The van der Waals surface area contributed by atoms with Crippen LogP contribution in [0.4, 0.5) is 0 Å². The average molecular weight is 401 g/mol. The van der Waals surface area contributed by atoms with Crippen molar-refractivity contribution < 1.29 is 14.8 Å². The molecule has 3 N–H and O–H groups in total. The van der Waals surface area contributed by atoms with Crippen LogP contribution in [0.15, 0.2) is 59.6 Å². The van der Waals surface area contributed by atoms with E-state index in [2.05, 4.69) is 22.2 Å². The van der Waals surface area contributed by atoms with E-state index in [-0.39, 0.29) is 5.92 Å². The highest BCUT2D eigenvalue weighted by molar-refractivity contribution is 5.97. The number of nitrogens with one attached hydrogen (secondary N) is 2. The van der Waals surface area contributed by atoms with Crippen molar-refractivity contribution in [2.45, 2.75) is 19.9 Å². The molecule has 1 atom stereocenters. The third-order valence-electron chi connectivity index (χ3n) is 4.74. The Kier molecular flexibility index (Phi) is 6.79. The van der Waals surface area contributed by atoms with Crippen LogP contribution in [0.3, 0.4) is 0 Å². The molecule has 0 radical (unpaired) electrons. The van der Waals surface area contributed by atoms with Gasteiger partial charge in [0.1, 0.15) is 6.04 Å².